The average Bonchev–Trinajstić information content (AvgIpc) is 3.01. The molecule has 0 aliphatic carbocycles. The Kier molecular flexibility index (Phi) is 5.35. The van der Waals surface area contributed by atoms with Crippen LogP contribution in [0.5, 0.6) is 5.75 Å². The van der Waals surface area contributed by atoms with Crippen molar-refractivity contribution in [2.24, 2.45) is 0 Å². The predicted molar refractivity (Wildman–Crippen MR) is 97.0 cm³/mol. The summed E-state index contributed by atoms with van der Waals surface area (Å²) >= 11 is 1.37. The fourth-order valence-corrected chi connectivity index (χ4v) is 3.19. The van der Waals surface area contributed by atoms with E-state index in [-0.39, 0.29) is 12.3 Å². The quantitative estimate of drug-likeness (QED) is 0.736. The zero-order valence-electron chi connectivity index (χ0n) is 14.0. The normalized spacial score (nSPS) is 10.5. The van der Waals surface area contributed by atoms with Crippen LogP contribution >= 0.6 is 11.3 Å². The van der Waals surface area contributed by atoms with Crippen LogP contribution in [0.15, 0.2) is 42.7 Å². The molecule has 3 rings (SSSR count). The van der Waals surface area contributed by atoms with Crippen molar-refractivity contribution in [2.75, 3.05) is 12.4 Å². The lowest BCUT2D eigenvalue weighted by molar-refractivity contribution is -0.115. The molecule has 0 unspecified atom stereocenters. The van der Waals surface area contributed by atoms with Crippen LogP contribution in [0.4, 0.5) is 5.13 Å². The van der Waals surface area contributed by atoms with Gasteiger partial charge in [-0.15, -0.1) is 10.2 Å². The van der Waals surface area contributed by atoms with Gasteiger partial charge in [-0.1, -0.05) is 29.5 Å². The number of pyridine rings is 1. The SMILES string of the molecule is COc1cccc(Cc2nnc(NC(=O)Cc3cncc(C)c3)s2)c1. The Hall–Kier alpha value is -2.80. The zero-order chi connectivity index (χ0) is 17.6. The molecule has 3 aromatic rings. The highest BCUT2D eigenvalue weighted by Crippen LogP contribution is 2.21. The van der Waals surface area contributed by atoms with E-state index in [0.717, 1.165) is 27.4 Å². The molecule has 0 radical (unpaired) electrons. The van der Waals surface area contributed by atoms with E-state index in [1.807, 2.05) is 37.3 Å². The number of aryl methyl sites for hydroxylation is 1. The molecule has 2 heterocycles. The molecule has 0 saturated carbocycles. The highest BCUT2D eigenvalue weighted by Gasteiger charge is 2.10. The average molecular weight is 354 g/mol. The lowest BCUT2D eigenvalue weighted by Crippen LogP contribution is -2.14. The van der Waals surface area contributed by atoms with Crippen LogP contribution in [-0.4, -0.2) is 28.2 Å². The van der Waals surface area contributed by atoms with Crippen LogP contribution in [0.3, 0.4) is 0 Å². The van der Waals surface area contributed by atoms with Gasteiger partial charge in [0.05, 0.1) is 13.5 Å². The summed E-state index contributed by atoms with van der Waals surface area (Å²) in [4.78, 5) is 16.2. The largest absolute Gasteiger partial charge is 0.497 e. The Morgan fingerprint density at radius 1 is 1.20 bits per heavy atom. The van der Waals surface area contributed by atoms with Gasteiger partial charge in [-0.3, -0.25) is 9.78 Å². The molecule has 25 heavy (non-hydrogen) atoms. The maximum Gasteiger partial charge on any atom is 0.230 e. The minimum Gasteiger partial charge on any atom is -0.497 e. The molecule has 1 aromatic carbocycles. The number of carbonyl (C=O) groups excluding carboxylic acids is 1. The van der Waals surface area contributed by atoms with Crippen molar-refractivity contribution < 1.29 is 9.53 Å². The maximum absolute atomic E-state index is 12.1. The van der Waals surface area contributed by atoms with Crippen LogP contribution in [-0.2, 0) is 17.6 Å². The number of hydrogen-bond acceptors (Lipinski definition) is 6. The molecule has 0 aliphatic rings. The smallest absolute Gasteiger partial charge is 0.230 e. The number of benzene rings is 1. The van der Waals surface area contributed by atoms with Gasteiger partial charge in [0.1, 0.15) is 10.8 Å². The summed E-state index contributed by atoms with van der Waals surface area (Å²) < 4.78 is 5.22. The van der Waals surface area contributed by atoms with Crippen LogP contribution in [0, 0.1) is 6.92 Å². The zero-order valence-corrected chi connectivity index (χ0v) is 14.8. The number of methoxy groups -OCH3 is 1. The third kappa shape index (κ3) is 4.84. The first kappa shape index (κ1) is 17.0. The Morgan fingerprint density at radius 2 is 2.08 bits per heavy atom. The van der Waals surface area contributed by atoms with Crippen molar-refractivity contribution >= 4 is 22.4 Å². The Bertz CT molecular complexity index is 879. The third-order valence-electron chi connectivity index (χ3n) is 3.50. The highest BCUT2D eigenvalue weighted by atomic mass is 32.1. The molecule has 1 amide bonds. The molecule has 2 aromatic heterocycles. The summed E-state index contributed by atoms with van der Waals surface area (Å²) in [5.41, 5.74) is 2.99. The van der Waals surface area contributed by atoms with Crippen LogP contribution in [0.1, 0.15) is 21.7 Å². The topological polar surface area (TPSA) is 77.0 Å². The molecular weight excluding hydrogens is 336 g/mol. The Labute approximate surface area is 149 Å². The van der Waals surface area contributed by atoms with Gasteiger partial charge in [0.25, 0.3) is 0 Å². The van der Waals surface area contributed by atoms with E-state index in [1.165, 1.54) is 11.3 Å². The van der Waals surface area contributed by atoms with Crippen molar-refractivity contribution in [3.8, 4) is 5.75 Å². The molecule has 6 nitrogen and oxygen atoms in total. The van der Waals surface area contributed by atoms with E-state index >= 15 is 0 Å². The summed E-state index contributed by atoms with van der Waals surface area (Å²) in [5.74, 6) is 0.679. The van der Waals surface area contributed by atoms with Gasteiger partial charge in [0, 0.05) is 18.8 Å². The number of nitrogens with zero attached hydrogens (tertiary/aromatic N) is 3. The van der Waals surface area contributed by atoms with E-state index in [9.17, 15) is 4.79 Å². The molecule has 0 fully saturated rings. The van der Waals surface area contributed by atoms with Crippen LogP contribution in [0.25, 0.3) is 0 Å². The summed E-state index contributed by atoms with van der Waals surface area (Å²) in [5, 5.41) is 12.3. The van der Waals surface area contributed by atoms with Crippen molar-refractivity contribution in [3.63, 3.8) is 0 Å². The fraction of sp³-hybridized carbons (Fsp3) is 0.222. The standard InChI is InChI=1S/C18H18N4O2S/c1-12-6-14(11-19-10-12)8-16(23)20-18-22-21-17(25-18)9-13-4-3-5-15(7-13)24-2/h3-7,10-11H,8-9H2,1-2H3,(H,20,22,23). The first-order chi connectivity index (χ1) is 12.1. The van der Waals surface area contributed by atoms with Crippen molar-refractivity contribution in [1.29, 1.82) is 0 Å². The Balaban J connectivity index is 1.60. The van der Waals surface area contributed by atoms with E-state index in [4.69, 9.17) is 4.74 Å². The molecule has 0 aliphatic heterocycles. The van der Waals surface area contributed by atoms with E-state index in [1.54, 1.807) is 19.5 Å². The van der Waals surface area contributed by atoms with Gasteiger partial charge in [0.15, 0.2) is 0 Å². The van der Waals surface area contributed by atoms with E-state index < -0.39 is 0 Å². The number of hydrogen-bond donors (Lipinski definition) is 1. The minimum absolute atomic E-state index is 0.128. The summed E-state index contributed by atoms with van der Waals surface area (Å²) in [6, 6.07) is 9.75. The molecular formula is C18H18N4O2S. The minimum atomic E-state index is -0.128. The van der Waals surface area contributed by atoms with Crippen molar-refractivity contribution in [3.05, 3.63) is 64.4 Å². The van der Waals surface area contributed by atoms with Crippen molar-refractivity contribution in [1.82, 2.24) is 15.2 Å². The molecule has 0 saturated heterocycles. The van der Waals surface area contributed by atoms with Gasteiger partial charge in [-0.25, -0.2) is 0 Å². The van der Waals surface area contributed by atoms with Gasteiger partial charge in [-0.2, -0.15) is 0 Å². The molecule has 7 heteroatoms. The number of anilines is 1. The number of ether oxygens (including phenoxy) is 1. The number of amides is 1. The second-order valence-electron chi connectivity index (χ2n) is 5.62. The van der Waals surface area contributed by atoms with E-state index in [2.05, 4.69) is 20.5 Å². The summed E-state index contributed by atoms with van der Waals surface area (Å²) in [7, 11) is 1.64. The maximum atomic E-state index is 12.1. The number of carbonyl (C=O) groups is 1. The van der Waals surface area contributed by atoms with Gasteiger partial charge in [0.2, 0.25) is 11.0 Å². The molecule has 0 atom stereocenters. The number of rotatable bonds is 6. The number of nitrogens with one attached hydrogen (secondary N) is 1. The lowest BCUT2D eigenvalue weighted by Gasteiger charge is -2.02. The molecule has 0 bridgehead atoms. The fourth-order valence-electron chi connectivity index (χ4n) is 2.40. The second kappa shape index (κ2) is 7.85. The van der Waals surface area contributed by atoms with E-state index in [0.29, 0.717) is 11.6 Å². The van der Waals surface area contributed by atoms with Crippen LogP contribution in [0.2, 0.25) is 0 Å². The van der Waals surface area contributed by atoms with Gasteiger partial charge >= 0.3 is 0 Å². The first-order valence-electron chi connectivity index (χ1n) is 7.78. The predicted octanol–water partition coefficient (Wildman–Crippen LogP) is 3.02. The lowest BCUT2D eigenvalue weighted by atomic mass is 10.1. The summed E-state index contributed by atoms with van der Waals surface area (Å²) in [6.07, 6.45) is 4.36. The molecule has 0 spiro atoms. The first-order valence-corrected chi connectivity index (χ1v) is 8.60. The monoisotopic (exact) mass is 354 g/mol. The second-order valence-corrected chi connectivity index (χ2v) is 6.69. The Morgan fingerprint density at radius 3 is 2.88 bits per heavy atom. The van der Waals surface area contributed by atoms with Gasteiger partial charge < -0.3 is 10.1 Å². The van der Waals surface area contributed by atoms with Gasteiger partial charge in [-0.05, 0) is 35.7 Å². The molecule has 128 valence electrons. The summed E-state index contributed by atoms with van der Waals surface area (Å²) in [6.45, 7) is 1.95. The third-order valence-corrected chi connectivity index (χ3v) is 4.34. The van der Waals surface area contributed by atoms with Crippen LogP contribution < -0.4 is 10.1 Å². The van der Waals surface area contributed by atoms with Crippen molar-refractivity contribution in [2.45, 2.75) is 19.8 Å². The molecule has 1 N–H and O–H groups in total. The number of aromatic nitrogens is 3. The highest BCUT2D eigenvalue weighted by molar-refractivity contribution is 7.15.